The number of phenols is 6. The Balaban J connectivity index is 0.933. The molecule has 0 spiro atoms. The topological polar surface area (TPSA) is 357 Å². The Labute approximate surface area is 438 Å². The van der Waals surface area contributed by atoms with E-state index < -0.39 is 148 Å². The first-order chi connectivity index (χ1) is 37.3. The third-order valence-corrected chi connectivity index (χ3v) is 13.2. The number of para-hydroxylation sites is 2. The van der Waals surface area contributed by atoms with Crippen molar-refractivity contribution in [3.8, 4) is 40.2 Å². The summed E-state index contributed by atoms with van der Waals surface area (Å²) in [6.45, 7) is -1.62. The van der Waals surface area contributed by atoms with Crippen LogP contribution in [0, 0.1) is 5.82 Å². The molecule has 2 aromatic heterocycles. The normalized spacial score (nSPS) is 18.1. The number of carbonyl (C=O) groups excluding carboxylic acids is 6. The molecule has 6 aromatic rings. The van der Waals surface area contributed by atoms with Crippen LogP contribution >= 0.6 is 0 Å². The first kappa shape index (κ1) is 52.7. The van der Waals surface area contributed by atoms with Crippen LogP contribution in [0.5, 0.6) is 34.5 Å². The number of carboxylic acids is 1. The number of hydrogen-bond acceptors (Lipinski definition) is 19. The number of hydrogen-bond donors (Lipinski definition) is 10. The van der Waals surface area contributed by atoms with Crippen LogP contribution in [0.25, 0.3) is 16.6 Å². The molecule has 404 valence electrons. The number of anilines is 2. The molecule has 78 heavy (non-hydrogen) atoms. The minimum atomic E-state index is -1.99. The number of ether oxygens (including phenoxy) is 3. The van der Waals surface area contributed by atoms with Crippen molar-refractivity contribution in [2.24, 2.45) is 0 Å². The number of fused-ring (bicyclic) bond motifs is 1. The molecule has 25 nitrogen and oxygen atoms in total. The first-order valence-electron chi connectivity index (χ1n) is 23.9. The molecule has 3 atom stereocenters. The Kier molecular flexibility index (Phi) is 14.6. The molecule has 1 aliphatic carbocycles. The Morgan fingerprint density at radius 2 is 1.08 bits per heavy atom. The summed E-state index contributed by atoms with van der Waals surface area (Å²) >= 11 is 0. The van der Waals surface area contributed by atoms with Crippen molar-refractivity contribution in [1.29, 1.82) is 0 Å². The third kappa shape index (κ3) is 10.7. The van der Waals surface area contributed by atoms with Crippen molar-refractivity contribution >= 4 is 63.9 Å². The SMILES string of the molecule is O=C(NC1COC(=O)C(NC(=O)c2cccc(O)c2O)COC(=O)C(NC(=O)c2c(-[n+]3ccc(N4CCN(c5cc6c(cc5F)c(=O)c(C(=O)O)cn6C5CC5)CC4)cc3)ccc(O)c2O)COC1=O)c1cccc(O)c1O. The van der Waals surface area contributed by atoms with Crippen molar-refractivity contribution in [3.05, 3.63) is 130 Å². The highest BCUT2D eigenvalue weighted by atomic mass is 19.1. The number of benzene rings is 4. The van der Waals surface area contributed by atoms with Gasteiger partial charge >= 0.3 is 23.9 Å². The number of esters is 3. The summed E-state index contributed by atoms with van der Waals surface area (Å²) in [6, 6.07) is 9.20. The lowest BCUT2D eigenvalue weighted by Gasteiger charge is -2.37. The number of carbonyl (C=O) groups is 7. The third-order valence-electron chi connectivity index (χ3n) is 13.2. The molecule has 3 unspecified atom stereocenters. The Morgan fingerprint density at radius 1 is 0.590 bits per heavy atom. The number of cyclic esters (lactones) is 3. The molecule has 10 N–H and O–H groups in total. The highest BCUT2D eigenvalue weighted by Crippen LogP contribution is 2.39. The molecule has 3 aliphatic rings. The van der Waals surface area contributed by atoms with Gasteiger partial charge in [0, 0.05) is 67.7 Å². The number of aromatic nitrogens is 2. The van der Waals surface area contributed by atoms with Crippen LogP contribution in [0.15, 0.2) is 96.2 Å². The molecular formula is C52H47FN7O18+. The number of aromatic carboxylic acids is 1. The fourth-order valence-corrected chi connectivity index (χ4v) is 8.85. The summed E-state index contributed by atoms with van der Waals surface area (Å²) < 4.78 is 34.7. The van der Waals surface area contributed by atoms with Gasteiger partial charge in [0.25, 0.3) is 17.7 Å². The molecule has 4 heterocycles. The van der Waals surface area contributed by atoms with Gasteiger partial charge in [0.05, 0.1) is 22.3 Å². The van der Waals surface area contributed by atoms with E-state index in [0.717, 1.165) is 49.2 Å². The maximum absolute atomic E-state index is 15.7. The van der Waals surface area contributed by atoms with Crippen LogP contribution in [0.2, 0.25) is 0 Å². The zero-order valence-corrected chi connectivity index (χ0v) is 40.6. The van der Waals surface area contributed by atoms with Gasteiger partial charge in [-0.25, -0.2) is 23.6 Å². The number of rotatable bonds is 11. The lowest BCUT2D eigenvalue weighted by molar-refractivity contribution is -0.595. The fourth-order valence-electron chi connectivity index (χ4n) is 8.85. The number of nitrogens with one attached hydrogen (secondary N) is 3. The number of phenolic OH excluding ortho intramolecular Hbond substituents is 6. The van der Waals surface area contributed by atoms with Gasteiger partial charge in [-0.1, -0.05) is 12.1 Å². The zero-order chi connectivity index (χ0) is 55.7. The van der Waals surface area contributed by atoms with Crippen molar-refractivity contribution in [2.45, 2.75) is 37.0 Å². The lowest BCUT2D eigenvalue weighted by atomic mass is 10.1. The number of aromatic hydroxyl groups is 6. The van der Waals surface area contributed by atoms with Gasteiger partial charge < -0.3 is 80.3 Å². The second-order valence-electron chi connectivity index (χ2n) is 18.2. The predicted molar refractivity (Wildman–Crippen MR) is 265 cm³/mol. The first-order valence-corrected chi connectivity index (χ1v) is 23.9. The zero-order valence-electron chi connectivity index (χ0n) is 40.6. The quantitative estimate of drug-likeness (QED) is 0.0379. The molecule has 3 amide bonds. The molecule has 0 bridgehead atoms. The summed E-state index contributed by atoms with van der Waals surface area (Å²) in [4.78, 5) is 110. The molecule has 3 fully saturated rings. The fraction of sp³-hybridized carbons (Fsp3) is 0.250. The van der Waals surface area contributed by atoms with Crippen LogP contribution in [0.1, 0.15) is 60.3 Å². The summed E-state index contributed by atoms with van der Waals surface area (Å²) in [5.74, 6) is -14.7. The number of carboxylic acid groups (broad SMARTS) is 1. The average molecular weight is 1080 g/mol. The van der Waals surface area contributed by atoms with Gasteiger partial charge in [0.1, 0.15) is 31.2 Å². The van der Waals surface area contributed by atoms with E-state index in [-0.39, 0.29) is 22.8 Å². The number of piperazine rings is 1. The van der Waals surface area contributed by atoms with Crippen LogP contribution in [0.4, 0.5) is 15.8 Å². The average Bonchev–Trinajstić information content (AvgIpc) is 4.33. The van der Waals surface area contributed by atoms with Gasteiger partial charge in [-0.2, -0.15) is 4.57 Å². The van der Waals surface area contributed by atoms with E-state index >= 15 is 4.39 Å². The van der Waals surface area contributed by atoms with Gasteiger partial charge in [-0.3, -0.25) is 19.2 Å². The van der Waals surface area contributed by atoms with Gasteiger partial charge in [-0.05, 0) is 55.3 Å². The van der Waals surface area contributed by atoms with Crippen molar-refractivity contribution in [3.63, 3.8) is 0 Å². The molecular weight excluding hydrogens is 1030 g/mol. The molecule has 1 saturated carbocycles. The lowest BCUT2D eigenvalue weighted by Crippen LogP contribution is -2.53. The Hall–Kier alpha value is -10.1. The van der Waals surface area contributed by atoms with Crippen molar-refractivity contribution < 1.29 is 92.5 Å². The van der Waals surface area contributed by atoms with E-state index in [1.807, 2.05) is 9.80 Å². The Morgan fingerprint density at radius 3 is 1.58 bits per heavy atom. The minimum absolute atomic E-state index is 0.0112. The monoisotopic (exact) mass is 1080 g/mol. The highest BCUT2D eigenvalue weighted by molar-refractivity contribution is 6.03. The highest BCUT2D eigenvalue weighted by Gasteiger charge is 2.37. The maximum atomic E-state index is 15.7. The molecule has 2 aliphatic heterocycles. The second kappa shape index (κ2) is 21.6. The van der Waals surface area contributed by atoms with Crippen LogP contribution in [-0.2, 0) is 28.6 Å². The van der Waals surface area contributed by atoms with Gasteiger partial charge in [-0.15, -0.1) is 0 Å². The molecule has 2 saturated heterocycles. The maximum Gasteiger partial charge on any atom is 0.341 e. The van der Waals surface area contributed by atoms with Crippen molar-refractivity contribution in [2.75, 3.05) is 55.8 Å². The molecule has 0 radical (unpaired) electrons. The molecule has 26 heteroatoms. The van der Waals surface area contributed by atoms with E-state index in [0.29, 0.717) is 37.4 Å². The molecule has 9 rings (SSSR count). The summed E-state index contributed by atoms with van der Waals surface area (Å²) in [5.41, 5.74) is -1.56. The van der Waals surface area contributed by atoms with E-state index in [2.05, 4.69) is 16.0 Å². The Bertz CT molecular complexity index is 3440. The second-order valence-corrected chi connectivity index (χ2v) is 18.2. The van der Waals surface area contributed by atoms with E-state index in [1.165, 1.54) is 41.4 Å². The number of nitrogens with zero attached hydrogens (tertiary/aromatic N) is 4. The smallest absolute Gasteiger partial charge is 0.341 e. The summed E-state index contributed by atoms with van der Waals surface area (Å²) in [7, 11) is 0. The van der Waals surface area contributed by atoms with E-state index in [4.69, 9.17) is 14.2 Å². The predicted octanol–water partition coefficient (Wildman–Crippen LogP) is 1.35. The van der Waals surface area contributed by atoms with Crippen LogP contribution in [0.3, 0.4) is 0 Å². The van der Waals surface area contributed by atoms with E-state index in [1.54, 1.807) is 22.8 Å². The van der Waals surface area contributed by atoms with Gasteiger partial charge in [0.15, 0.2) is 70.6 Å². The number of pyridine rings is 2. The summed E-state index contributed by atoms with van der Waals surface area (Å²) in [5, 5.41) is 78.6. The summed E-state index contributed by atoms with van der Waals surface area (Å²) in [6.07, 6.45) is 5.93. The van der Waals surface area contributed by atoms with Crippen molar-refractivity contribution in [1.82, 2.24) is 20.5 Å². The van der Waals surface area contributed by atoms with E-state index in [9.17, 15) is 74.1 Å². The largest absolute Gasteiger partial charge is 0.504 e. The minimum Gasteiger partial charge on any atom is -0.504 e. The molecule has 4 aromatic carbocycles. The standard InChI is InChI=1S/C52H46FN7O18/c53-31-19-29-36(60(26-7-8-26)21-30(42(29)64)49(71)72)20-37(31)59-17-15-57(16-18-59)25-11-13-58(14-12-25)35-9-10-40(63)45(67)41(35)48(70)56-34-24-78-51(74)32(54-46(68)27-3-1-5-38(61)43(27)65)22-76-50(73)33(23-77-52(34)75)55-47(69)28-4-2-6-39(62)44(28)66/h1-6,9-14,19-21,26,32-34H,7-8,15-18,22-24H2,(H9-,54,55,56,61,62,63,65,66,67,68,69,70,71,72)/p+1. The number of amides is 3. The number of halogens is 1. The van der Waals surface area contributed by atoms with Crippen LogP contribution in [-0.4, -0.2) is 146 Å². The van der Waals surface area contributed by atoms with Crippen LogP contribution < -0.4 is 35.7 Å². The van der Waals surface area contributed by atoms with Gasteiger partial charge in [0.2, 0.25) is 11.1 Å².